The Morgan fingerprint density at radius 2 is 2.18 bits per heavy atom. The normalized spacial score (nSPS) is 10.6. The van der Waals surface area contributed by atoms with Gasteiger partial charge in [0.25, 0.3) is 0 Å². The van der Waals surface area contributed by atoms with Gasteiger partial charge in [0, 0.05) is 31.4 Å². The number of aliphatic hydroxyl groups is 1. The van der Waals surface area contributed by atoms with Gasteiger partial charge in [-0.2, -0.15) is 0 Å². The Kier molecular flexibility index (Phi) is 5.94. The van der Waals surface area contributed by atoms with E-state index in [-0.39, 0.29) is 12.4 Å². The number of anilines is 1. The predicted molar refractivity (Wildman–Crippen MR) is 68.8 cm³/mol. The molecule has 1 rings (SSSR count). The summed E-state index contributed by atoms with van der Waals surface area (Å²) in [6, 6.07) is 5.04. The first-order valence-electron chi connectivity index (χ1n) is 6.00. The first-order chi connectivity index (χ1) is 8.20. The van der Waals surface area contributed by atoms with Crippen molar-refractivity contribution >= 4 is 5.69 Å². The van der Waals surface area contributed by atoms with Crippen LogP contribution in [0.5, 0.6) is 0 Å². The van der Waals surface area contributed by atoms with E-state index in [0.717, 1.165) is 18.7 Å². The van der Waals surface area contributed by atoms with Gasteiger partial charge in [-0.15, -0.1) is 0 Å². The molecule has 4 heteroatoms. The van der Waals surface area contributed by atoms with E-state index in [9.17, 15) is 4.39 Å². The second kappa shape index (κ2) is 7.25. The summed E-state index contributed by atoms with van der Waals surface area (Å²) in [6.07, 6.45) is 1.02. The summed E-state index contributed by atoms with van der Waals surface area (Å²) < 4.78 is 13.7. The van der Waals surface area contributed by atoms with Crippen molar-refractivity contribution < 1.29 is 9.50 Å². The number of hydrogen-bond donors (Lipinski definition) is 2. The fourth-order valence-electron chi connectivity index (χ4n) is 1.74. The number of halogens is 1. The minimum Gasteiger partial charge on any atom is -0.395 e. The molecule has 0 radical (unpaired) electrons. The second-order valence-electron chi connectivity index (χ2n) is 4.06. The topological polar surface area (TPSA) is 35.5 Å². The molecule has 0 saturated carbocycles. The molecule has 17 heavy (non-hydrogen) atoms. The van der Waals surface area contributed by atoms with Crippen molar-refractivity contribution in [2.45, 2.75) is 19.9 Å². The third-order valence-corrected chi connectivity index (χ3v) is 2.67. The molecule has 0 saturated heterocycles. The van der Waals surface area contributed by atoms with Crippen LogP contribution in [0.25, 0.3) is 0 Å². The Morgan fingerprint density at radius 3 is 2.82 bits per heavy atom. The van der Waals surface area contributed by atoms with Crippen LogP contribution in [-0.4, -0.2) is 31.9 Å². The first kappa shape index (κ1) is 13.9. The second-order valence-corrected chi connectivity index (χ2v) is 4.06. The van der Waals surface area contributed by atoms with E-state index in [4.69, 9.17) is 5.11 Å². The molecule has 0 aliphatic carbocycles. The molecule has 0 aliphatic rings. The minimum absolute atomic E-state index is 0.0643. The van der Waals surface area contributed by atoms with Crippen LogP contribution in [-0.2, 0) is 6.54 Å². The molecule has 0 spiro atoms. The Bertz CT molecular complexity index is 344. The zero-order valence-corrected chi connectivity index (χ0v) is 10.5. The van der Waals surface area contributed by atoms with Crippen LogP contribution in [0.1, 0.15) is 18.9 Å². The highest BCUT2D eigenvalue weighted by atomic mass is 19.1. The van der Waals surface area contributed by atoms with Gasteiger partial charge in [0.1, 0.15) is 5.82 Å². The minimum atomic E-state index is -0.198. The number of aliphatic hydroxyl groups excluding tert-OH is 1. The van der Waals surface area contributed by atoms with Crippen LogP contribution in [0.3, 0.4) is 0 Å². The van der Waals surface area contributed by atoms with Crippen LogP contribution in [0.4, 0.5) is 10.1 Å². The smallest absolute Gasteiger partial charge is 0.129 e. The molecule has 0 fully saturated rings. The van der Waals surface area contributed by atoms with Gasteiger partial charge < -0.3 is 15.3 Å². The van der Waals surface area contributed by atoms with Crippen LogP contribution in [0, 0.1) is 5.82 Å². The molecule has 0 amide bonds. The molecule has 0 aromatic heterocycles. The number of rotatable bonds is 7. The van der Waals surface area contributed by atoms with E-state index in [1.165, 1.54) is 6.07 Å². The number of nitrogens with one attached hydrogen (secondary N) is 1. The molecule has 0 unspecified atom stereocenters. The summed E-state index contributed by atoms with van der Waals surface area (Å²) in [5.41, 5.74) is 1.50. The lowest BCUT2D eigenvalue weighted by Gasteiger charge is -2.22. The van der Waals surface area contributed by atoms with Crippen molar-refractivity contribution in [3.8, 4) is 0 Å². The third kappa shape index (κ3) is 3.98. The van der Waals surface area contributed by atoms with Crippen LogP contribution in [0.2, 0.25) is 0 Å². The van der Waals surface area contributed by atoms with E-state index in [2.05, 4.69) is 12.2 Å². The van der Waals surface area contributed by atoms with Crippen molar-refractivity contribution in [2.75, 3.05) is 31.6 Å². The summed E-state index contributed by atoms with van der Waals surface area (Å²) in [5, 5.41) is 12.1. The highest BCUT2D eigenvalue weighted by Crippen LogP contribution is 2.22. The maximum Gasteiger partial charge on any atom is 0.129 e. The van der Waals surface area contributed by atoms with Gasteiger partial charge in [0.2, 0.25) is 0 Å². The number of nitrogens with zero attached hydrogens (tertiary/aromatic N) is 1. The van der Waals surface area contributed by atoms with Gasteiger partial charge in [-0.1, -0.05) is 13.0 Å². The van der Waals surface area contributed by atoms with Crippen molar-refractivity contribution in [1.82, 2.24) is 5.32 Å². The van der Waals surface area contributed by atoms with E-state index in [1.807, 2.05) is 18.0 Å². The number of likely N-dealkylation sites (N-methyl/N-ethyl adjacent to an activating group) is 1. The lowest BCUT2D eigenvalue weighted by Crippen LogP contribution is -2.24. The van der Waals surface area contributed by atoms with Gasteiger partial charge in [-0.3, -0.25) is 0 Å². The number of hydrogen-bond acceptors (Lipinski definition) is 3. The summed E-state index contributed by atoms with van der Waals surface area (Å²) in [5.74, 6) is -0.198. The lowest BCUT2D eigenvalue weighted by molar-refractivity contribution is 0.304. The fourth-order valence-corrected chi connectivity index (χ4v) is 1.74. The molecule has 0 bridgehead atoms. The summed E-state index contributed by atoms with van der Waals surface area (Å²) in [6.45, 7) is 4.04. The Balaban J connectivity index is 2.83. The maximum atomic E-state index is 13.7. The standard InChI is InChI=1S/C13H21FN2O/c1-3-7-15-10-11-12(14)5-4-6-13(11)16(2)8-9-17/h4-6,15,17H,3,7-10H2,1-2H3. The average molecular weight is 240 g/mol. The quantitative estimate of drug-likeness (QED) is 0.713. The highest BCUT2D eigenvalue weighted by Gasteiger charge is 2.11. The molecule has 1 aromatic rings. The summed E-state index contributed by atoms with van der Waals surface area (Å²) >= 11 is 0. The van der Waals surface area contributed by atoms with Gasteiger partial charge in [0.05, 0.1) is 6.61 Å². The SMILES string of the molecule is CCCNCc1c(F)cccc1N(C)CCO. The first-order valence-corrected chi connectivity index (χ1v) is 6.00. The van der Waals surface area contributed by atoms with Gasteiger partial charge >= 0.3 is 0 Å². The monoisotopic (exact) mass is 240 g/mol. The Morgan fingerprint density at radius 1 is 1.41 bits per heavy atom. The van der Waals surface area contributed by atoms with E-state index in [0.29, 0.717) is 18.7 Å². The zero-order chi connectivity index (χ0) is 12.7. The molecule has 0 heterocycles. The zero-order valence-electron chi connectivity index (χ0n) is 10.5. The predicted octanol–water partition coefficient (Wildman–Crippen LogP) is 1.75. The van der Waals surface area contributed by atoms with E-state index < -0.39 is 0 Å². The van der Waals surface area contributed by atoms with Gasteiger partial charge in [-0.05, 0) is 25.1 Å². The summed E-state index contributed by atoms with van der Waals surface area (Å²) in [7, 11) is 1.86. The Labute approximate surface area is 102 Å². The van der Waals surface area contributed by atoms with Crippen LogP contribution in [0.15, 0.2) is 18.2 Å². The molecule has 3 nitrogen and oxygen atoms in total. The van der Waals surface area contributed by atoms with Gasteiger partial charge in [0.15, 0.2) is 0 Å². The van der Waals surface area contributed by atoms with Crippen molar-refractivity contribution in [3.05, 3.63) is 29.6 Å². The van der Waals surface area contributed by atoms with Gasteiger partial charge in [-0.25, -0.2) is 4.39 Å². The molecule has 2 N–H and O–H groups in total. The molecule has 0 aliphatic heterocycles. The Hall–Kier alpha value is -1.13. The van der Waals surface area contributed by atoms with Crippen molar-refractivity contribution in [3.63, 3.8) is 0 Å². The fraction of sp³-hybridized carbons (Fsp3) is 0.538. The van der Waals surface area contributed by atoms with Crippen LogP contribution >= 0.6 is 0 Å². The van der Waals surface area contributed by atoms with E-state index >= 15 is 0 Å². The summed E-state index contributed by atoms with van der Waals surface area (Å²) in [4.78, 5) is 1.87. The van der Waals surface area contributed by atoms with E-state index in [1.54, 1.807) is 6.07 Å². The highest BCUT2D eigenvalue weighted by molar-refractivity contribution is 5.53. The number of benzene rings is 1. The van der Waals surface area contributed by atoms with Crippen LogP contribution < -0.4 is 10.2 Å². The lowest BCUT2D eigenvalue weighted by atomic mass is 10.1. The molecule has 96 valence electrons. The van der Waals surface area contributed by atoms with Crippen molar-refractivity contribution in [1.29, 1.82) is 0 Å². The third-order valence-electron chi connectivity index (χ3n) is 2.67. The molecule has 0 atom stereocenters. The van der Waals surface area contributed by atoms with Crippen molar-refractivity contribution in [2.24, 2.45) is 0 Å². The molecular weight excluding hydrogens is 219 g/mol. The average Bonchev–Trinajstić information content (AvgIpc) is 2.31. The molecular formula is C13H21FN2O. The molecule has 1 aromatic carbocycles. The maximum absolute atomic E-state index is 13.7. The largest absolute Gasteiger partial charge is 0.395 e.